The predicted molar refractivity (Wildman–Crippen MR) is 55.7 cm³/mol. The molecule has 0 spiro atoms. The highest BCUT2D eigenvalue weighted by Gasteiger charge is 2.30. The molecular weight excluding hydrogens is 198 g/mol. The maximum Gasteiger partial charge on any atom is 0.234 e. The number of fused-ring (bicyclic) bond motifs is 1. The third-order valence-corrected chi connectivity index (χ3v) is 3.85. The van der Waals surface area contributed by atoms with Crippen LogP contribution >= 0.6 is 0 Å². The molecule has 0 fully saturated rings. The van der Waals surface area contributed by atoms with Crippen LogP contribution in [-0.2, 0) is 10.0 Å². The van der Waals surface area contributed by atoms with Crippen molar-refractivity contribution in [2.24, 2.45) is 17.0 Å². The molecule has 4 heteroatoms. The Morgan fingerprint density at radius 2 is 2.14 bits per heavy atom. The number of rotatable bonds is 1. The van der Waals surface area contributed by atoms with E-state index in [1.54, 1.807) is 12.2 Å². The minimum Gasteiger partial charge on any atom is -0.225 e. The van der Waals surface area contributed by atoms with Crippen LogP contribution in [0.2, 0.25) is 0 Å². The third-order valence-electron chi connectivity index (χ3n) is 2.76. The van der Waals surface area contributed by atoms with Crippen LogP contribution in [-0.4, -0.2) is 8.42 Å². The van der Waals surface area contributed by atoms with Gasteiger partial charge in [0.2, 0.25) is 10.0 Å². The second kappa shape index (κ2) is 3.37. The molecule has 2 aliphatic rings. The molecule has 2 aliphatic carbocycles. The summed E-state index contributed by atoms with van der Waals surface area (Å²) in [6.45, 7) is 0. The first kappa shape index (κ1) is 9.68. The minimum absolute atomic E-state index is 0.0556. The van der Waals surface area contributed by atoms with Crippen LogP contribution < -0.4 is 5.14 Å². The Kier molecular flexibility index (Phi) is 2.33. The van der Waals surface area contributed by atoms with Gasteiger partial charge in [0.05, 0.1) is 4.91 Å². The van der Waals surface area contributed by atoms with Crippen LogP contribution in [0, 0.1) is 11.8 Å². The van der Waals surface area contributed by atoms with Crippen molar-refractivity contribution in [1.29, 1.82) is 0 Å². The first-order valence-electron chi connectivity index (χ1n) is 4.67. The summed E-state index contributed by atoms with van der Waals surface area (Å²) in [7, 11) is -3.52. The van der Waals surface area contributed by atoms with Gasteiger partial charge in [-0.25, -0.2) is 13.6 Å². The molecule has 2 atom stereocenters. The summed E-state index contributed by atoms with van der Waals surface area (Å²) >= 11 is 0. The lowest BCUT2D eigenvalue weighted by atomic mass is 9.81. The van der Waals surface area contributed by atoms with E-state index >= 15 is 0 Å². The van der Waals surface area contributed by atoms with Crippen LogP contribution in [0.4, 0.5) is 0 Å². The van der Waals surface area contributed by atoms with Crippen LogP contribution in [0.25, 0.3) is 0 Å². The standard InChI is InChI=1S/C10H13NO2S/c11-14(12,13)10-7-3-5-8-4-1-2-6-9(8)10/h1,3-5,7-9H,2,6H2,(H2,11,12,13). The quantitative estimate of drug-likeness (QED) is 0.665. The molecule has 0 heterocycles. The van der Waals surface area contributed by atoms with E-state index in [0.717, 1.165) is 12.8 Å². The number of primary sulfonamides is 1. The molecule has 2 unspecified atom stereocenters. The van der Waals surface area contributed by atoms with Crippen LogP contribution in [0.3, 0.4) is 0 Å². The average molecular weight is 211 g/mol. The fourth-order valence-electron chi connectivity index (χ4n) is 2.09. The van der Waals surface area contributed by atoms with Crippen LogP contribution in [0.1, 0.15) is 12.8 Å². The molecule has 0 saturated carbocycles. The van der Waals surface area contributed by atoms with E-state index in [1.807, 2.05) is 6.08 Å². The number of hydrogen-bond acceptors (Lipinski definition) is 2. The molecule has 0 saturated heterocycles. The summed E-state index contributed by atoms with van der Waals surface area (Å²) in [5, 5.41) is 5.16. The topological polar surface area (TPSA) is 60.2 Å². The van der Waals surface area contributed by atoms with Gasteiger partial charge in [-0.2, -0.15) is 0 Å². The maximum atomic E-state index is 11.3. The lowest BCUT2D eigenvalue weighted by Gasteiger charge is -2.28. The van der Waals surface area contributed by atoms with Crippen molar-refractivity contribution in [2.45, 2.75) is 12.8 Å². The largest absolute Gasteiger partial charge is 0.234 e. The maximum absolute atomic E-state index is 11.3. The highest BCUT2D eigenvalue weighted by molar-refractivity contribution is 7.93. The van der Waals surface area contributed by atoms with Gasteiger partial charge >= 0.3 is 0 Å². The Morgan fingerprint density at radius 3 is 2.86 bits per heavy atom. The minimum atomic E-state index is -3.52. The van der Waals surface area contributed by atoms with Crippen molar-refractivity contribution in [3.63, 3.8) is 0 Å². The molecule has 2 N–H and O–H groups in total. The Bertz CT molecular complexity index is 417. The van der Waals surface area contributed by atoms with Crippen LogP contribution in [0.5, 0.6) is 0 Å². The van der Waals surface area contributed by atoms with E-state index in [-0.39, 0.29) is 11.8 Å². The Morgan fingerprint density at radius 1 is 1.36 bits per heavy atom. The monoisotopic (exact) mass is 211 g/mol. The Balaban J connectivity index is 2.40. The Labute approximate surface area is 84.0 Å². The van der Waals surface area contributed by atoms with Crippen molar-refractivity contribution in [1.82, 2.24) is 0 Å². The average Bonchev–Trinajstić information content (AvgIpc) is 2.15. The second-order valence-corrected chi connectivity index (χ2v) is 5.25. The van der Waals surface area contributed by atoms with Gasteiger partial charge < -0.3 is 0 Å². The molecule has 0 radical (unpaired) electrons. The molecule has 0 bridgehead atoms. The summed E-state index contributed by atoms with van der Waals surface area (Å²) < 4.78 is 22.6. The second-order valence-electron chi connectivity index (χ2n) is 3.69. The van der Waals surface area contributed by atoms with Crippen molar-refractivity contribution < 1.29 is 8.42 Å². The fourth-order valence-corrected chi connectivity index (χ4v) is 3.06. The zero-order valence-corrected chi connectivity index (χ0v) is 8.57. The van der Waals surface area contributed by atoms with Gasteiger partial charge in [0.25, 0.3) is 0 Å². The van der Waals surface area contributed by atoms with Crippen molar-refractivity contribution in [3.05, 3.63) is 35.3 Å². The summed E-state index contributed by atoms with van der Waals surface area (Å²) in [6.07, 6.45) is 11.4. The van der Waals surface area contributed by atoms with Crippen molar-refractivity contribution in [2.75, 3.05) is 0 Å². The molecule has 0 aromatic rings. The lowest BCUT2D eigenvalue weighted by molar-refractivity contribution is 0.475. The van der Waals surface area contributed by atoms with E-state index in [1.165, 1.54) is 0 Å². The van der Waals surface area contributed by atoms with E-state index in [4.69, 9.17) is 5.14 Å². The third kappa shape index (κ3) is 1.67. The molecule has 0 amide bonds. The summed E-state index contributed by atoms with van der Waals surface area (Å²) in [6, 6.07) is 0. The first-order valence-corrected chi connectivity index (χ1v) is 6.21. The molecule has 0 aromatic carbocycles. The van der Waals surface area contributed by atoms with E-state index in [0.29, 0.717) is 4.91 Å². The zero-order chi connectivity index (χ0) is 10.2. The van der Waals surface area contributed by atoms with E-state index < -0.39 is 10.0 Å². The van der Waals surface area contributed by atoms with Gasteiger partial charge in [0.15, 0.2) is 0 Å². The molecule has 14 heavy (non-hydrogen) atoms. The number of sulfonamides is 1. The summed E-state index contributed by atoms with van der Waals surface area (Å²) in [5.41, 5.74) is 0. The van der Waals surface area contributed by atoms with Gasteiger partial charge in [-0.15, -0.1) is 0 Å². The number of hydrogen-bond donors (Lipinski definition) is 1. The summed E-state index contributed by atoms with van der Waals surface area (Å²) in [4.78, 5) is 0.384. The van der Waals surface area contributed by atoms with Gasteiger partial charge in [0, 0.05) is 11.8 Å². The van der Waals surface area contributed by atoms with Gasteiger partial charge in [-0.3, -0.25) is 0 Å². The van der Waals surface area contributed by atoms with E-state index in [2.05, 4.69) is 12.2 Å². The first-order chi connectivity index (χ1) is 6.59. The highest BCUT2D eigenvalue weighted by atomic mass is 32.2. The Hall–Kier alpha value is -0.870. The highest BCUT2D eigenvalue weighted by Crippen LogP contribution is 2.36. The SMILES string of the molecule is NS(=O)(=O)C1=CC=CC2C=CCCC12. The molecule has 0 aliphatic heterocycles. The van der Waals surface area contributed by atoms with Crippen molar-refractivity contribution >= 4 is 10.0 Å². The fraction of sp³-hybridized carbons (Fsp3) is 0.400. The molecule has 2 rings (SSSR count). The van der Waals surface area contributed by atoms with Gasteiger partial charge in [-0.1, -0.05) is 24.3 Å². The molecule has 0 aromatic heterocycles. The normalized spacial score (nSPS) is 31.1. The number of nitrogens with two attached hydrogens (primary N) is 1. The van der Waals surface area contributed by atoms with Gasteiger partial charge in [-0.05, 0) is 18.9 Å². The lowest BCUT2D eigenvalue weighted by Crippen LogP contribution is -2.27. The molecular formula is C10H13NO2S. The van der Waals surface area contributed by atoms with Crippen LogP contribution in [0.15, 0.2) is 35.3 Å². The molecule has 76 valence electrons. The molecule has 3 nitrogen and oxygen atoms in total. The van der Waals surface area contributed by atoms with Crippen molar-refractivity contribution in [3.8, 4) is 0 Å². The smallest absolute Gasteiger partial charge is 0.225 e. The summed E-state index contributed by atoms with van der Waals surface area (Å²) in [5.74, 6) is 0.266. The van der Waals surface area contributed by atoms with E-state index in [9.17, 15) is 8.42 Å². The zero-order valence-electron chi connectivity index (χ0n) is 7.76. The predicted octanol–water partition coefficient (Wildman–Crippen LogP) is 1.31. The number of allylic oxidation sites excluding steroid dienone is 6. The van der Waals surface area contributed by atoms with Gasteiger partial charge in [0.1, 0.15) is 0 Å².